The lowest BCUT2D eigenvalue weighted by Crippen LogP contribution is -2.37. The smallest absolute Gasteiger partial charge is 0.332 e. The molecule has 1 unspecified atom stereocenters. The van der Waals surface area contributed by atoms with Crippen molar-refractivity contribution in [1.29, 1.82) is 0 Å². The van der Waals surface area contributed by atoms with Gasteiger partial charge in [0.25, 0.3) is 5.91 Å². The van der Waals surface area contributed by atoms with Crippen molar-refractivity contribution >= 4 is 29.2 Å². The van der Waals surface area contributed by atoms with Gasteiger partial charge in [-0.2, -0.15) is 0 Å². The molecule has 152 valence electrons. The van der Waals surface area contributed by atoms with E-state index >= 15 is 0 Å². The molecule has 0 radical (unpaired) electrons. The summed E-state index contributed by atoms with van der Waals surface area (Å²) < 4.78 is 5.36. The molecule has 1 aliphatic heterocycles. The summed E-state index contributed by atoms with van der Waals surface area (Å²) in [6.07, 6.45) is 1.36. The molecule has 1 aromatic heterocycles. The Bertz CT molecular complexity index is 1060. The molecule has 1 fully saturated rings. The minimum absolute atomic E-state index is 0.100. The molecule has 30 heavy (non-hydrogen) atoms. The van der Waals surface area contributed by atoms with Gasteiger partial charge in [-0.25, -0.2) is 9.69 Å². The molecule has 1 N–H and O–H groups in total. The highest BCUT2D eigenvalue weighted by Crippen LogP contribution is 2.29. The summed E-state index contributed by atoms with van der Waals surface area (Å²) in [5, 5.41) is 2.78. The standard InChI is InChI=1S/C23H21N3O4/c1-16-7-5-10-18(13-16)26-22(28)20(14-21(27)24-17-8-3-2-4-9-17)25(23(26)29)15-19-11-6-12-30-19/h2-13,20H,14-15H2,1H3,(H,24,27). The predicted octanol–water partition coefficient (Wildman–Crippen LogP) is 3.95. The van der Waals surface area contributed by atoms with Crippen molar-refractivity contribution in [1.82, 2.24) is 4.90 Å². The van der Waals surface area contributed by atoms with Crippen LogP contribution in [0.1, 0.15) is 17.7 Å². The lowest BCUT2D eigenvalue weighted by atomic mass is 10.1. The topological polar surface area (TPSA) is 82.9 Å². The highest BCUT2D eigenvalue weighted by Gasteiger charge is 2.47. The van der Waals surface area contributed by atoms with Crippen LogP contribution in [-0.2, 0) is 16.1 Å². The Kier molecular flexibility index (Phi) is 5.34. The summed E-state index contributed by atoms with van der Waals surface area (Å²) in [5.74, 6) is -0.237. The fraction of sp³-hybridized carbons (Fsp3) is 0.174. The van der Waals surface area contributed by atoms with Crippen molar-refractivity contribution in [3.8, 4) is 0 Å². The molecule has 4 rings (SSSR count). The van der Waals surface area contributed by atoms with Gasteiger partial charge in [0.15, 0.2) is 0 Å². The van der Waals surface area contributed by atoms with Gasteiger partial charge in [-0.05, 0) is 48.9 Å². The van der Waals surface area contributed by atoms with Crippen LogP contribution in [0.25, 0.3) is 0 Å². The van der Waals surface area contributed by atoms with E-state index in [0.717, 1.165) is 10.5 Å². The first kappa shape index (κ1) is 19.4. The maximum absolute atomic E-state index is 13.2. The second-order valence-electron chi connectivity index (χ2n) is 7.14. The van der Waals surface area contributed by atoms with E-state index in [-0.39, 0.29) is 18.9 Å². The Labute approximate surface area is 173 Å². The highest BCUT2D eigenvalue weighted by molar-refractivity contribution is 6.22. The summed E-state index contributed by atoms with van der Waals surface area (Å²) in [7, 11) is 0. The van der Waals surface area contributed by atoms with Crippen molar-refractivity contribution in [2.75, 3.05) is 10.2 Å². The maximum atomic E-state index is 13.2. The number of benzene rings is 2. The molecule has 7 nitrogen and oxygen atoms in total. The predicted molar refractivity (Wildman–Crippen MR) is 112 cm³/mol. The van der Waals surface area contributed by atoms with Crippen LogP contribution in [0.3, 0.4) is 0 Å². The number of hydrogen-bond donors (Lipinski definition) is 1. The zero-order valence-corrected chi connectivity index (χ0v) is 16.4. The van der Waals surface area contributed by atoms with E-state index < -0.39 is 18.0 Å². The Morgan fingerprint density at radius 3 is 2.53 bits per heavy atom. The van der Waals surface area contributed by atoms with E-state index in [0.29, 0.717) is 17.1 Å². The van der Waals surface area contributed by atoms with Crippen molar-refractivity contribution in [3.05, 3.63) is 84.3 Å². The molecule has 2 heterocycles. The van der Waals surface area contributed by atoms with Crippen LogP contribution in [-0.4, -0.2) is 28.8 Å². The third-order valence-corrected chi connectivity index (χ3v) is 4.92. The van der Waals surface area contributed by atoms with Gasteiger partial charge in [-0.3, -0.25) is 9.59 Å². The number of rotatable bonds is 6. The van der Waals surface area contributed by atoms with Crippen LogP contribution in [0.4, 0.5) is 16.2 Å². The number of hydrogen-bond acceptors (Lipinski definition) is 4. The van der Waals surface area contributed by atoms with Gasteiger partial charge >= 0.3 is 6.03 Å². The molecule has 4 amide bonds. The minimum atomic E-state index is -0.924. The fourth-order valence-corrected chi connectivity index (χ4v) is 3.50. The normalized spacial score (nSPS) is 16.2. The number of nitrogens with zero attached hydrogens (tertiary/aromatic N) is 2. The molecule has 1 saturated heterocycles. The summed E-state index contributed by atoms with van der Waals surface area (Å²) in [5.41, 5.74) is 2.05. The third-order valence-electron chi connectivity index (χ3n) is 4.92. The van der Waals surface area contributed by atoms with E-state index in [9.17, 15) is 14.4 Å². The van der Waals surface area contributed by atoms with E-state index in [1.165, 1.54) is 11.2 Å². The van der Waals surface area contributed by atoms with E-state index in [1.807, 2.05) is 31.2 Å². The molecule has 0 spiro atoms. The quantitative estimate of drug-likeness (QED) is 0.632. The Balaban J connectivity index is 1.60. The van der Waals surface area contributed by atoms with Crippen molar-refractivity contribution < 1.29 is 18.8 Å². The Hall–Kier alpha value is -3.87. The summed E-state index contributed by atoms with van der Waals surface area (Å²) in [6.45, 7) is 1.99. The number of nitrogens with one attached hydrogen (secondary N) is 1. The third kappa shape index (κ3) is 3.96. The number of carbonyl (C=O) groups is 3. The first-order valence-corrected chi connectivity index (χ1v) is 9.61. The SMILES string of the molecule is Cc1cccc(N2C(=O)C(CC(=O)Nc3ccccc3)N(Cc3ccco3)C2=O)c1. The molecule has 1 atom stereocenters. The molecule has 7 heteroatoms. The Morgan fingerprint density at radius 1 is 1.03 bits per heavy atom. The van der Waals surface area contributed by atoms with Crippen LogP contribution in [0.5, 0.6) is 0 Å². The van der Waals surface area contributed by atoms with Gasteiger partial charge in [-0.15, -0.1) is 0 Å². The molecule has 0 aliphatic carbocycles. The number of aryl methyl sites for hydroxylation is 1. The van der Waals surface area contributed by atoms with Gasteiger partial charge in [0.1, 0.15) is 11.8 Å². The van der Waals surface area contributed by atoms with Gasteiger partial charge in [-0.1, -0.05) is 30.3 Å². The minimum Gasteiger partial charge on any atom is -0.467 e. The monoisotopic (exact) mass is 403 g/mol. The lowest BCUT2D eigenvalue weighted by molar-refractivity contribution is -0.124. The van der Waals surface area contributed by atoms with E-state index in [2.05, 4.69) is 5.32 Å². The van der Waals surface area contributed by atoms with Crippen LogP contribution in [0.2, 0.25) is 0 Å². The largest absolute Gasteiger partial charge is 0.467 e. The molecule has 3 aromatic rings. The summed E-state index contributed by atoms with van der Waals surface area (Å²) in [4.78, 5) is 41.5. The second-order valence-corrected chi connectivity index (χ2v) is 7.14. The van der Waals surface area contributed by atoms with Gasteiger partial charge < -0.3 is 14.6 Å². The average molecular weight is 403 g/mol. The van der Waals surface area contributed by atoms with Gasteiger partial charge in [0, 0.05) is 5.69 Å². The molecular weight excluding hydrogens is 382 g/mol. The molecule has 1 aliphatic rings. The Morgan fingerprint density at radius 2 is 1.83 bits per heavy atom. The number of imide groups is 1. The second kappa shape index (κ2) is 8.24. The summed E-state index contributed by atoms with van der Waals surface area (Å²) >= 11 is 0. The highest BCUT2D eigenvalue weighted by atomic mass is 16.3. The number of anilines is 2. The summed E-state index contributed by atoms with van der Waals surface area (Å²) in [6, 6.07) is 18.2. The number of carbonyl (C=O) groups excluding carboxylic acids is 3. The zero-order valence-electron chi connectivity index (χ0n) is 16.4. The number of amides is 4. The lowest BCUT2D eigenvalue weighted by Gasteiger charge is -2.20. The van der Waals surface area contributed by atoms with Gasteiger partial charge in [0.2, 0.25) is 5.91 Å². The fourth-order valence-electron chi connectivity index (χ4n) is 3.50. The molecular formula is C23H21N3O4. The van der Waals surface area contributed by atoms with E-state index in [4.69, 9.17) is 4.42 Å². The average Bonchev–Trinajstić information content (AvgIpc) is 3.31. The van der Waals surface area contributed by atoms with Crippen LogP contribution < -0.4 is 10.2 Å². The first-order chi connectivity index (χ1) is 14.5. The maximum Gasteiger partial charge on any atom is 0.332 e. The molecule has 0 saturated carbocycles. The van der Waals surface area contributed by atoms with Crippen LogP contribution >= 0.6 is 0 Å². The van der Waals surface area contributed by atoms with Gasteiger partial charge in [0.05, 0.1) is 24.9 Å². The van der Waals surface area contributed by atoms with Crippen molar-refractivity contribution in [3.63, 3.8) is 0 Å². The van der Waals surface area contributed by atoms with Crippen LogP contribution in [0.15, 0.2) is 77.4 Å². The van der Waals surface area contributed by atoms with Crippen molar-refractivity contribution in [2.24, 2.45) is 0 Å². The van der Waals surface area contributed by atoms with Crippen molar-refractivity contribution in [2.45, 2.75) is 25.9 Å². The number of furan rings is 1. The number of urea groups is 1. The zero-order chi connectivity index (χ0) is 21.1. The van der Waals surface area contributed by atoms with Crippen LogP contribution in [0, 0.1) is 6.92 Å². The first-order valence-electron chi connectivity index (χ1n) is 9.61. The molecule has 0 bridgehead atoms. The number of para-hydroxylation sites is 1. The molecule has 2 aromatic carbocycles. The van der Waals surface area contributed by atoms with E-state index in [1.54, 1.807) is 42.5 Å².